The van der Waals surface area contributed by atoms with Gasteiger partial charge in [-0.25, -0.2) is 4.98 Å². The monoisotopic (exact) mass is 371 g/mol. The molecule has 1 unspecified atom stereocenters. The minimum atomic E-state index is -0.475. The van der Waals surface area contributed by atoms with Crippen molar-refractivity contribution in [1.82, 2.24) is 29.9 Å². The molecule has 0 fully saturated rings. The molecule has 1 aromatic carbocycles. The zero-order chi connectivity index (χ0) is 19.1. The van der Waals surface area contributed by atoms with Crippen LogP contribution < -0.4 is 5.73 Å². The first-order valence-electron chi connectivity index (χ1n) is 8.79. The van der Waals surface area contributed by atoms with Gasteiger partial charge in [0.05, 0.1) is 11.8 Å². The summed E-state index contributed by atoms with van der Waals surface area (Å²) in [5.41, 5.74) is 10.7. The zero-order valence-electron chi connectivity index (χ0n) is 15.1. The molecule has 5 rings (SSSR count). The molecule has 0 saturated heterocycles. The van der Waals surface area contributed by atoms with Gasteiger partial charge in [-0.1, -0.05) is 30.3 Å². The smallest absolute Gasteiger partial charge is 0.250 e. The largest absolute Gasteiger partial charge is 0.419 e. The second-order valence-corrected chi connectivity index (χ2v) is 6.56. The standard InChI is InChI=1S/C20H17N7O/c1-27-11-14(9-24-27)13-7-15-16(10-23-18(15)22-8-13)19-25-26-20(28-19)17(21)12-5-3-2-4-6-12/h2-11,17H,21H2,1H3,(H,22,23). The van der Waals surface area contributed by atoms with Gasteiger partial charge in [-0.05, 0) is 11.6 Å². The molecule has 0 amide bonds. The van der Waals surface area contributed by atoms with Gasteiger partial charge >= 0.3 is 0 Å². The van der Waals surface area contributed by atoms with Gasteiger partial charge in [0.2, 0.25) is 11.8 Å². The van der Waals surface area contributed by atoms with E-state index in [9.17, 15) is 0 Å². The molecule has 0 aliphatic rings. The SMILES string of the molecule is Cn1cc(-c2cnc3[nH]cc(-c4nnc(C(N)c5ccccc5)o4)c3c2)cn1. The van der Waals surface area contributed by atoms with Crippen LogP contribution in [0.25, 0.3) is 33.6 Å². The summed E-state index contributed by atoms with van der Waals surface area (Å²) in [6.45, 7) is 0. The van der Waals surface area contributed by atoms with Gasteiger partial charge in [-0.15, -0.1) is 10.2 Å². The summed E-state index contributed by atoms with van der Waals surface area (Å²) >= 11 is 0. The van der Waals surface area contributed by atoms with E-state index >= 15 is 0 Å². The van der Waals surface area contributed by atoms with E-state index in [4.69, 9.17) is 10.2 Å². The summed E-state index contributed by atoms with van der Waals surface area (Å²) in [5, 5.41) is 13.5. The lowest BCUT2D eigenvalue weighted by molar-refractivity contribution is 0.484. The van der Waals surface area contributed by atoms with Crippen molar-refractivity contribution in [2.75, 3.05) is 0 Å². The fourth-order valence-corrected chi connectivity index (χ4v) is 3.18. The summed E-state index contributed by atoms with van der Waals surface area (Å²) in [4.78, 5) is 7.65. The Balaban J connectivity index is 1.54. The maximum atomic E-state index is 6.27. The molecule has 8 heteroatoms. The summed E-state index contributed by atoms with van der Waals surface area (Å²) in [5.74, 6) is 0.768. The Morgan fingerprint density at radius 2 is 1.96 bits per heavy atom. The number of hydrogen-bond donors (Lipinski definition) is 2. The number of H-pyrrole nitrogens is 1. The summed E-state index contributed by atoms with van der Waals surface area (Å²) in [6.07, 6.45) is 7.37. The molecule has 5 aromatic rings. The van der Waals surface area contributed by atoms with Crippen LogP contribution in [0.5, 0.6) is 0 Å². The Morgan fingerprint density at radius 3 is 2.75 bits per heavy atom. The molecular weight excluding hydrogens is 354 g/mol. The predicted octanol–water partition coefficient (Wildman–Crippen LogP) is 3.06. The molecule has 138 valence electrons. The number of aryl methyl sites for hydroxylation is 1. The van der Waals surface area contributed by atoms with Crippen LogP contribution in [0.15, 0.2) is 65.6 Å². The highest BCUT2D eigenvalue weighted by Crippen LogP contribution is 2.31. The van der Waals surface area contributed by atoms with Crippen molar-refractivity contribution in [2.45, 2.75) is 6.04 Å². The van der Waals surface area contributed by atoms with Gasteiger partial charge < -0.3 is 15.1 Å². The van der Waals surface area contributed by atoms with E-state index in [2.05, 4.69) is 25.3 Å². The number of fused-ring (bicyclic) bond motifs is 1. The number of nitrogens with zero attached hydrogens (tertiary/aromatic N) is 5. The normalized spacial score (nSPS) is 12.5. The fraction of sp³-hybridized carbons (Fsp3) is 0.100. The molecule has 0 aliphatic carbocycles. The number of benzene rings is 1. The number of nitrogens with one attached hydrogen (secondary N) is 1. The topological polar surface area (TPSA) is 111 Å². The summed E-state index contributed by atoms with van der Waals surface area (Å²) < 4.78 is 7.65. The molecule has 0 aliphatic heterocycles. The van der Waals surface area contributed by atoms with Crippen LogP contribution in [-0.4, -0.2) is 29.9 Å². The molecule has 3 N–H and O–H groups in total. The van der Waals surface area contributed by atoms with E-state index in [-0.39, 0.29) is 0 Å². The molecule has 0 radical (unpaired) electrons. The number of aromatic amines is 1. The first-order chi connectivity index (χ1) is 13.7. The van der Waals surface area contributed by atoms with Crippen LogP contribution >= 0.6 is 0 Å². The molecule has 4 aromatic heterocycles. The Morgan fingerprint density at radius 1 is 1.11 bits per heavy atom. The molecule has 28 heavy (non-hydrogen) atoms. The minimum Gasteiger partial charge on any atom is -0.419 e. The average molecular weight is 371 g/mol. The summed E-state index contributed by atoms with van der Waals surface area (Å²) in [6, 6.07) is 11.2. The molecule has 8 nitrogen and oxygen atoms in total. The molecule has 0 bridgehead atoms. The Labute approximate surface area is 160 Å². The van der Waals surface area contributed by atoms with Crippen molar-refractivity contribution in [3.05, 3.63) is 72.6 Å². The second-order valence-electron chi connectivity index (χ2n) is 6.56. The predicted molar refractivity (Wildman–Crippen MR) is 104 cm³/mol. The third-order valence-electron chi connectivity index (χ3n) is 4.67. The van der Waals surface area contributed by atoms with E-state index in [1.165, 1.54) is 0 Å². The van der Waals surface area contributed by atoms with Crippen molar-refractivity contribution < 1.29 is 4.42 Å². The Bertz CT molecular complexity index is 1250. The third-order valence-corrected chi connectivity index (χ3v) is 4.67. The molecule has 0 saturated carbocycles. The molecule has 1 atom stereocenters. The Kier molecular flexibility index (Phi) is 3.77. The zero-order valence-corrected chi connectivity index (χ0v) is 15.1. The summed E-state index contributed by atoms with van der Waals surface area (Å²) in [7, 11) is 1.88. The van der Waals surface area contributed by atoms with E-state index in [0.717, 1.165) is 33.3 Å². The van der Waals surface area contributed by atoms with Crippen LogP contribution in [0, 0.1) is 0 Å². The van der Waals surface area contributed by atoms with Crippen molar-refractivity contribution in [1.29, 1.82) is 0 Å². The lowest BCUT2D eigenvalue weighted by Gasteiger charge is -2.06. The van der Waals surface area contributed by atoms with Gasteiger partial charge in [0.1, 0.15) is 11.7 Å². The van der Waals surface area contributed by atoms with E-state index in [0.29, 0.717) is 11.8 Å². The number of rotatable bonds is 4. The number of aromatic nitrogens is 6. The second kappa shape index (κ2) is 6.43. The van der Waals surface area contributed by atoms with E-state index in [1.54, 1.807) is 10.9 Å². The maximum absolute atomic E-state index is 6.27. The first kappa shape index (κ1) is 16.4. The number of nitrogens with two attached hydrogens (primary N) is 1. The highest BCUT2D eigenvalue weighted by molar-refractivity contribution is 5.93. The van der Waals surface area contributed by atoms with Crippen molar-refractivity contribution in [3.63, 3.8) is 0 Å². The average Bonchev–Trinajstić information content (AvgIpc) is 3.46. The van der Waals surface area contributed by atoms with Crippen molar-refractivity contribution in [3.8, 4) is 22.6 Å². The van der Waals surface area contributed by atoms with Crippen LogP contribution in [0.2, 0.25) is 0 Å². The van der Waals surface area contributed by atoms with E-state index < -0.39 is 6.04 Å². The fourth-order valence-electron chi connectivity index (χ4n) is 3.18. The van der Waals surface area contributed by atoms with Crippen LogP contribution in [0.4, 0.5) is 0 Å². The van der Waals surface area contributed by atoms with Gasteiger partial charge in [-0.2, -0.15) is 5.10 Å². The maximum Gasteiger partial charge on any atom is 0.250 e. The van der Waals surface area contributed by atoms with E-state index in [1.807, 2.05) is 62.0 Å². The number of hydrogen-bond acceptors (Lipinski definition) is 6. The lowest BCUT2D eigenvalue weighted by atomic mass is 10.1. The third kappa shape index (κ3) is 2.76. The van der Waals surface area contributed by atoms with Crippen molar-refractivity contribution >= 4 is 11.0 Å². The molecule has 4 heterocycles. The van der Waals surface area contributed by atoms with Gasteiger partial charge in [0.25, 0.3) is 0 Å². The minimum absolute atomic E-state index is 0.368. The highest BCUT2D eigenvalue weighted by Gasteiger charge is 2.19. The van der Waals surface area contributed by atoms with Gasteiger partial charge in [0, 0.05) is 42.2 Å². The Hall–Kier alpha value is -3.78. The highest BCUT2D eigenvalue weighted by atomic mass is 16.4. The quantitative estimate of drug-likeness (QED) is 0.502. The van der Waals surface area contributed by atoms with Crippen LogP contribution in [-0.2, 0) is 7.05 Å². The number of pyridine rings is 1. The first-order valence-corrected chi connectivity index (χ1v) is 8.79. The van der Waals surface area contributed by atoms with Gasteiger partial charge in [-0.3, -0.25) is 4.68 Å². The van der Waals surface area contributed by atoms with Crippen LogP contribution in [0.1, 0.15) is 17.5 Å². The molecular formula is C20H17N7O. The van der Waals surface area contributed by atoms with Crippen molar-refractivity contribution in [2.24, 2.45) is 12.8 Å². The van der Waals surface area contributed by atoms with Gasteiger partial charge in [0.15, 0.2) is 0 Å². The lowest BCUT2D eigenvalue weighted by Crippen LogP contribution is -2.11. The van der Waals surface area contributed by atoms with Crippen LogP contribution in [0.3, 0.4) is 0 Å². The molecule has 0 spiro atoms.